The standard InChI is InChI=1S/C17H21NO/c1-12(2)13-8-9-17(19-4)16(11-13)14-6-5-7-15(10-14)18-3/h5-12,18H,1-4H3. The Morgan fingerprint density at radius 2 is 1.84 bits per heavy atom. The van der Waals surface area contributed by atoms with Gasteiger partial charge in [-0.05, 0) is 41.3 Å². The highest BCUT2D eigenvalue weighted by Crippen LogP contribution is 2.33. The second-order valence-corrected chi connectivity index (χ2v) is 4.95. The molecule has 2 aromatic rings. The fraction of sp³-hybridized carbons (Fsp3) is 0.294. The van der Waals surface area contributed by atoms with E-state index in [0.717, 1.165) is 17.0 Å². The predicted molar refractivity (Wildman–Crippen MR) is 82.1 cm³/mol. The molecule has 0 aromatic heterocycles. The van der Waals surface area contributed by atoms with Gasteiger partial charge in [0.05, 0.1) is 7.11 Å². The molecule has 2 nitrogen and oxygen atoms in total. The zero-order valence-electron chi connectivity index (χ0n) is 12.0. The third kappa shape index (κ3) is 2.90. The SMILES string of the molecule is CNc1cccc(-c2cc(C(C)C)ccc2OC)c1. The van der Waals surface area contributed by atoms with E-state index in [1.54, 1.807) is 7.11 Å². The van der Waals surface area contributed by atoms with E-state index in [4.69, 9.17) is 4.74 Å². The average molecular weight is 255 g/mol. The molecule has 2 aromatic carbocycles. The van der Waals surface area contributed by atoms with E-state index in [-0.39, 0.29) is 0 Å². The minimum atomic E-state index is 0.511. The molecule has 0 heterocycles. The van der Waals surface area contributed by atoms with Crippen molar-refractivity contribution in [2.24, 2.45) is 0 Å². The van der Waals surface area contributed by atoms with Crippen molar-refractivity contribution in [1.82, 2.24) is 0 Å². The molecule has 0 atom stereocenters. The van der Waals surface area contributed by atoms with Crippen LogP contribution in [0.25, 0.3) is 11.1 Å². The molecule has 0 aliphatic carbocycles. The lowest BCUT2D eigenvalue weighted by Gasteiger charge is -2.13. The number of hydrogen-bond donors (Lipinski definition) is 1. The first-order chi connectivity index (χ1) is 9.15. The molecule has 0 aliphatic rings. The molecule has 0 saturated heterocycles. The molecule has 0 saturated carbocycles. The van der Waals surface area contributed by atoms with Crippen LogP contribution in [0, 0.1) is 0 Å². The first-order valence-corrected chi connectivity index (χ1v) is 6.62. The van der Waals surface area contributed by atoms with E-state index >= 15 is 0 Å². The molecule has 0 fully saturated rings. The van der Waals surface area contributed by atoms with Gasteiger partial charge in [-0.15, -0.1) is 0 Å². The number of anilines is 1. The van der Waals surface area contributed by atoms with Gasteiger partial charge in [0.2, 0.25) is 0 Å². The van der Waals surface area contributed by atoms with Gasteiger partial charge in [0.1, 0.15) is 5.75 Å². The van der Waals surface area contributed by atoms with Crippen molar-refractivity contribution in [2.75, 3.05) is 19.5 Å². The number of nitrogens with one attached hydrogen (secondary N) is 1. The third-order valence-corrected chi connectivity index (χ3v) is 3.35. The van der Waals surface area contributed by atoms with Crippen molar-refractivity contribution >= 4 is 5.69 Å². The van der Waals surface area contributed by atoms with E-state index in [2.05, 4.69) is 61.6 Å². The lowest BCUT2D eigenvalue weighted by molar-refractivity contribution is 0.416. The van der Waals surface area contributed by atoms with Crippen LogP contribution in [0.5, 0.6) is 5.75 Å². The topological polar surface area (TPSA) is 21.3 Å². The molecule has 0 spiro atoms. The lowest BCUT2D eigenvalue weighted by Crippen LogP contribution is -1.94. The Labute approximate surface area is 115 Å². The van der Waals surface area contributed by atoms with Gasteiger partial charge in [-0.25, -0.2) is 0 Å². The summed E-state index contributed by atoms with van der Waals surface area (Å²) in [5.74, 6) is 1.43. The molecular formula is C17H21NO. The Morgan fingerprint density at radius 1 is 1.05 bits per heavy atom. The Balaban J connectivity index is 2.54. The van der Waals surface area contributed by atoms with E-state index in [9.17, 15) is 0 Å². The smallest absolute Gasteiger partial charge is 0.126 e. The summed E-state index contributed by atoms with van der Waals surface area (Å²) in [5, 5.41) is 3.17. The largest absolute Gasteiger partial charge is 0.496 e. The van der Waals surface area contributed by atoms with Gasteiger partial charge in [-0.3, -0.25) is 0 Å². The average Bonchev–Trinajstić information content (AvgIpc) is 2.46. The van der Waals surface area contributed by atoms with Crippen LogP contribution >= 0.6 is 0 Å². The second kappa shape index (κ2) is 5.79. The zero-order chi connectivity index (χ0) is 13.8. The van der Waals surface area contributed by atoms with Gasteiger partial charge in [0.25, 0.3) is 0 Å². The maximum Gasteiger partial charge on any atom is 0.126 e. The van der Waals surface area contributed by atoms with Crippen LogP contribution in [0.4, 0.5) is 5.69 Å². The van der Waals surface area contributed by atoms with Crippen LogP contribution in [-0.4, -0.2) is 14.2 Å². The first kappa shape index (κ1) is 13.5. The summed E-state index contributed by atoms with van der Waals surface area (Å²) in [7, 11) is 3.65. The maximum absolute atomic E-state index is 5.49. The van der Waals surface area contributed by atoms with Crippen molar-refractivity contribution in [2.45, 2.75) is 19.8 Å². The Hall–Kier alpha value is -1.96. The molecule has 0 amide bonds. The summed E-state index contributed by atoms with van der Waals surface area (Å²) in [6.45, 7) is 4.41. The van der Waals surface area contributed by atoms with Crippen LogP contribution in [0.1, 0.15) is 25.3 Å². The predicted octanol–water partition coefficient (Wildman–Crippen LogP) is 4.53. The highest BCUT2D eigenvalue weighted by molar-refractivity contribution is 5.74. The number of rotatable bonds is 4. The molecular weight excluding hydrogens is 234 g/mol. The molecule has 19 heavy (non-hydrogen) atoms. The number of hydrogen-bond acceptors (Lipinski definition) is 2. The second-order valence-electron chi connectivity index (χ2n) is 4.95. The van der Waals surface area contributed by atoms with Crippen molar-refractivity contribution < 1.29 is 4.74 Å². The van der Waals surface area contributed by atoms with Crippen molar-refractivity contribution in [1.29, 1.82) is 0 Å². The molecule has 2 heteroatoms. The Morgan fingerprint density at radius 3 is 2.47 bits per heavy atom. The van der Waals surface area contributed by atoms with Crippen LogP contribution in [0.15, 0.2) is 42.5 Å². The summed E-state index contributed by atoms with van der Waals surface area (Å²) >= 11 is 0. The van der Waals surface area contributed by atoms with E-state index in [1.165, 1.54) is 11.1 Å². The third-order valence-electron chi connectivity index (χ3n) is 3.35. The summed E-state index contributed by atoms with van der Waals surface area (Å²) < 4.78 is 5.49. The molecule has 100 valence electrons. The Kier molecular flexibility index (Phi) is 4.10. The van der Waals surface area contributed by atoms with Crippen molar-refractivity contribution in [3.05, 3.63) is 48.0 Å². The maximum atomic E-state index is 5.49. The van der Waals surface area contributed by atoms with Crippen molar-refractivity contribution in [3.8, 4) is 16.9 Å². The zero-order valence-corrected chi connectivity index (χ0v) is 12.0. The quantitative estimate of drug-likeness (QED) is 0.866. The van der Waals surface area contributed by atoms with Gasteiger partial charge >= 0.3 is 0 Å². The summed E-state index contributed by atoms with van der Waals surface area (Å²) in [6, 6.07) is 14.8. The van der Waals surface area contributed by atoms with Gasteiger partial charge < -0.3 is 10.1 Å². The van der Waals surface area contributed by atoms with Gasteiger partial charge in [0.15, 0.2) is 0 Å². The molecule has 2 rings (SSSR count). The van der Waals surface area contributed by atoms with Crippen LogP contribution < -0.4 is 10.1 Å². The summed E-state index contributed by atoms with van der Waals surface area (Å²) in [4.78, 5) is 0. The fourth-order valence-corrected chi connectivity index (χ4v) is 2.15. The van der Waals surface area contributed by atoms with Gasteiger partial charge in [0, 0.05) is 18.3 Å². The van der Waals surface area contributed by atoms with Crippen molar-refractivity contribution in [3.63, 3.8) is 0 Å². The first-order valence-electron chi connectivity index (χ1n) is 6.62. The van der Waals surface area contributed by atoms with E-state index < -0.39 is 0 Å². The number of ether oxygens (including phenoxy) is 1. The summed E-state index contributed by atoms with van der Waals surface area (Å²) in [5.41, 5.74) is 4.75. The normalized spacial score (nSPS) is 10.6. The van der Waals surface area contributed by atoms with E-state index in [0.29, 0.717) is 5.92 Å². The Bertz CT molecular complexity index is 561. The monoisotopic (exact) mass is 255 g/mol. The minimum absolute atomic E-state index is 0.511. The molecule has 0 bridgehead atoms. The molecule has 1 N–H and O–H groups in total. The van der Waals surface area contributed by atoms with Crippen LogP contribution in [0.3, 0.4) is 0 Å². The van der Waals surface area contributed by atoms with Crippen LogP contribution in [-0.2, 0) is 0 Å². The highest BCUT2D eigenvalue weighted by atomic mass is 16.5. The number of methoxy groups -OCH3 is 1. The fourth-order valence-electron chi connectivity index (χ4n) is 2.15. The molecule has 0 aliphatic heterocycles. The molecule has 0 unspecified atom stereocenters. The van der Waals surface area contributed by atoms with Gasteiger partial charge in [-0.2, -0.15) is 0 Å². The summed E-state index contributed by atoms with van der Waals surface area (Å²) in [6.07, 6.45) is 0. The molecule has 0 radical (unpaired) electrons. The van der Waals surface area contributed by atoms with Crippen LogP contribution in [0.2, 0.25) is 0 Å². The minimum Gasteiger partial charge on any atom is -0.496 e. The lowest BCUT2D eigenvalue weighted by atomic mass is 9.96. The van der Waals surface area contributed by atoms with E-state index in [1.807, 2.05) is 7.05 Å². The van der Waals surface area contributed by atoms with Gasteiger partial charge in [-0.1, -0.05) is 32.0 Å². The highest BCUT2D eigenvalue weighted by Gasteiger charge is 2.09. The number of benzene rings is 2.